The molecule has 4 rings (SSSR count). The van der Waals surface area contributed by atoms with Crippen LogP contribution < -0.4 is 5.73 Å². The molecule has 0 bridgehead atoms. The molecule has 3 aromatic rings. The van der Waals surface area contributed by atoms with Crippen molar-refractivity contribution in [3.8, 4) is 0 Å². The lowest BCUT2D eigenvalue weighted by Gasteiger charge is -2.14. The largest absolute Gasteiger partial charge is 0.368 e. The number of rotatable bonds is 6. The number of nitrogens with zero attached hydrogens (tertiary/aromatic N) is 2. The van der Waals surface area contributed by atoms with Crippen LogP contribution in [0.4, 0.5) is 0 Å². The summed E-state index contributed by atoms with van der Waals surface area (Å²) in [6.07, 6.45) is 4.45. The quantitative estimate of drug-likeness (QED) is 0.488. The van der Waals surface area contributed by atoms with Crippen molar-refractivity contribution in [2.75, 3.05) is 6.54 Å². The second-order valence-electron chi connectivity index (χ2n) is 6.76. The zero-order valence-corrected chi connectivity index (χ0v) is 17.2. The maximum Gasteiger partial charge on any atom is 0.266 e. The van der Waals surface area contributed by atoms with E-state index >= 15 is 0 Å². The standard InChI is InChI=1S/C22H19N3O2S2/c23-20(26)14-24-13-16(17-8-4-5-9-18(17)24)12-19-21(27)25(22(28)29-19)11-10-15-6-2-1-3-7-15/h1-9,12-13H,10-11,14H2,(H2,23,26)/b19-12-. The Labute approximate surface area is 178 Å². The number of thiocarbonyl (C=S) groups is 1. The molecule has 2 heterocycles. The van der Waals surface area contributed by atoms with Crippen LogP contribution in [0.25, 0.3) is 17.0 Å². The zero-order chi connectivity index (χ0) is 20.4. The van der Waals surface area contributed by atoms with E-state index in [1.54, 1.807) is 9.47 Å². The van der Waals surface area contributed by atoms with Gasteiger partial charge in [-0.3, -0.25) is 14.5 Å². The van der Waals surface area contributed by atoms with E-state index in [4.69, 9.17) is 18.0 Å². The molecule has 0 spiro atoms. The fourth-order valence-corrected chi connectivity index (χ4v) is 4.71. The van der Waals surface area contributed by atoms with E-state index in [9.17, 15) is 9.59 Å². The predicted molar refractivity (Wildman–Crippen MR) is 121 cm³/mol. The number of thioether (sulfide) groups is 1. The van der Waals surface area contributed by atoms with Crippen molar-refractivity contribution in [3.63, 3.8) is 0 Å². The van der Waals surface area contributed by atoms with Crippen molar-refractivity contribution >= 4 is 57.1 Å². The van der Waals surface area contributed by atoms with Crippen LogP contribution in [0.15, 0.2) is 65.7 Å². The van der Waals surface area contributed by atoms with E-state index < -0.39 is 5.91 Å². The van der Waals surface area contributed by atoms with Gasteiger partial charge in [-0.05, 0) is 24.1 Å². The first kappa shape index (κ1) is 19.4. The van der Waals surface area contributed by atoms with Crippen molar-refractivity contribution in [1.82, 2.24) is 9.47 Å². The molecule has 0 unspecified atom stereocenters. The smallest absolute Gasteiger partial charge is 0.266 e. The second-order valence-corrected chi connectivity index (χ2v) is 8.44. The predicted octanol–water partition coefficient (Wildman–Crippen LogP) is 3.57. The highest BCUT2D eigenvalue weighted by molar-refractivity contribution is 8.26. The summed E-state index contributed by atoms with van der Waals surface area (Å²) < 4.78 is 2.37. The molecule has 1 aliphatic rings. The molecule has 2 aromatic carbocycles. The third kappa shape index (κ3) is 4.11. The number of carbonyl (C=O) groups excluding carboxylic acids is 2. The Morgan fingerprint density at radius 3 is 2.59 bits per heavy atom. The van der Waals surface area contributed by atoms with Crippen molar-refractivity contribution in [1.29, 1.82) is 0 Å². The number of fused-ring (bicyclic) bond motifs is 1. The highest BCUT2D eigenvalue weighted by Crippen LogP contribution is 2.34. The van der Waals surface area contributed by atoms with Crippen LogP contribution in [0.3, 0.4) is 0 Å². The maximum atomic E-state index is 12.9. The van der Waals surface area contributed by atoms with Crippen LogP contribution in [-0.2, 0) is 22.6 Å². The molecule has 1 aromatic heterocycles. The molecule has 1 fully saturated rings. The van der Waals surface area contributed by atoms with Gasteiger partial charge in [-0.25, -0.2) is 0 Å². The fraction of sp³-hybridized carbons (Fsp3) is 0.136. The third-order valence-corrected chi connectivity index (χ3v) is 6.15. The molecule has 0 aliphatic carbocycles. The highest BCUT2D eigenvalue weighted by atomic mass is 32.2. The van der Waals surface area contributed by atoms with E-state index in [1.165, 1.54) is 17.3 Å². The average molecular weight is 422 g/mol. The Morgan fingerprint density at radius 1 is 1.10 bits per heavy atom. The number of benzene rings is 2. The van der Waals surface area contributed by atoms with Gasteiger partial charge >= 0.3 is 0 Å². The van der Waals surface area contributed by atoms with Crippen LogP contribution in [-0.4, -0.2) is 32.1 Å². The number of carbonyl (C=O) groups is 2. The Bertz CT molecular complexity index is 1140. The number of nitrogens with two attached hydrogens (primary N) is 1. The fourth-order valence-electron chi connectivity index (χ4n) is 3.41. The average Bonchev–Trinajstić information content (AvgIpc) is 3.18. The van der Waals surface area contributed by atoms with Crippen molar-refractivity contribution < 1.29 is 9.59 Å². The number of primary amides is 1. The van der Waals surface area contributed by atoms with Crippen molar-refractivity contribution in [2.45, 2.75) is 13.0 Å². The number of hydrogen-bond acceptors (Lipinski definition) is 4. The van der Waals surface area contributed by atoms with E-state index in [-0.39, 0.29) is 12.5 Å². The Balaban J connectivity index is 1.59. The van der Waals surface area contributed by atoms with Gasteiger partial charge in [0.25, 0.3) is 5.91 Å². The van der Waals surface area contributed by atoms with Gasteiger partial charge in [0, 0.05) is 29.2 Å². The molecule has 0 radical (unpaired) electrons. The first-order chi connectivity index (χ1) is 14.0. The van der Waals surface area contributed by atoms with Crippen LogP contribution >= 0.6 is 24.0 Å². The molecule has 2 N–H and O–H groups in total. The summed E-state index contributed by atoms with van der Waals surface area (Å²) >= 11 is 6.76. The normalized spacial score (nSPS) is 15.6. The zero-order valence-electron chi connectivity index (χ0n) is 15.6. The van der Waals surface area contributed by atoms with E-state index in [1.807, 2.05) is 66.9 Å². The lowest BCUT2D eigenvalue weighted by Crippen LogP contribution is -2.30. The molecule has 5 nitrogen and oxygen atoms in total. The lowest BCUT2D eigenvalue weighted by atomic mass is 10.1. The van der Waals surface area contributed by atoms with Crippen LogP contribution in [0, 0.1) is 0 Å². The lowest BCUT2D eigenvalue weighted by molar-refractivity contribution is -0.122. The molecular formula is C22H19N3O2S2. The second kappa shape index (κ2) is 8.23. The van der Waals surface area contributed by atoms with E-state index in [0.29, 0.717) is 15.8 Å². The van der Waals surface area contributed by atoms with Crippen LogP contribution in [0.5, 0.6) is 0 Å². The molecule has 0 saturated carbocycles. The monoisotopic (exact) mass is 421 g/mol. The number of hydrogen-bond donors (Lipinski definition) is 1. The van der Waals surface area contributed by atoms with Gasteiger partial charge in [-0.15, -0.1) is 0 Å². The van der Waals surface area contributed by atoms with Crippen LogP contribution in [0.2, 0.25) is 0 Å². The summed E-state index contributed by atoms with van der Waals surface area (Å²) in [5, 5.41) is 0.961. The minimum Gasteiger partial charge on any atom is -0.368 e. The van der Waals surface area contributed by atoms with Gasteiger partial charge in [-0.2, -0.15) is 0 Å². The summed E-state index contributed by atoms with van der Waals surface area (Å²) in [5.41, 5.74) is 8.30. The molecular weight excluding hydrogens is 402 g/mol. The maximum absolute atomic E-state index is 12.9. The minimum atomic E-state index is -0.412. The molecule has 1 aliphatic heterocycles. The topological polar surface area (TPSA) is 68.3 Å². The SMILES string of the molecule is NC(=O)Cn1cc(/C=C2\SC(=S)N(CCc3ccccc3)C2=O)c2ccccc21. The summed E-state index contributed by atoms with van der Waals surface area (Å²) in [5.74, 6) is -0.493. The molecule has 0 atom stereocenters. The molecule has 29 heavy (non-hydrogen) atoms. The van der Waals surface area contributed by atoms with Gasteiger partial charge in [0.15, 0.2) is 0 Å². The first-order valence-corrected chi connectivity index (χ1v) is 10.4. The van der Waals surface area contributed by atoms with Crippen molar-refractivity contribution in [2.24, 2.45) is 5.73 Å². The first-order valence-electron chi connectivity index (χ1n) is 9.18. The molecule has 1 saturated heterocycles. The summed E-state index contributed by atoms with van der Waals surface area (Å²) in [7, 11) is 0. The van der Waals surface area contributed by atoms with E-state index in [2.05, 4.69) is 0 Å². The van der Waals surface area contributed by atoms with Gasteiger partial charge < -0.3 is 10.3 Å². The molecule has 7 heteroatoms. The molecule has 2 amide bonds. The highest BCUT2D eigenvalue weighted by Gasteiger charge is 2.31. The summed E-state index contributed by atoms with van der Waals surface area (Å²) in [6, 6.07) is 17.8. The van der Waals surface area contributed by atoms with Gasteiger partial charge in [0.2, 0.25) is 5.91 Å². The van der Waals surface area contributed by atoms with Gasteiger partial charge in [0.05, 0.1) is 4.91 Å². The van der Waals surface area contributed by atoms with Gasteiger partial charge in [-0.1, -0.05) is 72.5 Å². The summed E-state index contributed by atoms with van der Waals surface area (Å²) in [4.78, 5) is 26.6. The molecule has 146 valence electrons. The summed E-state index contributed by atoms with van der Waals surface area (Å²) in [6.45, 7) is 0.641. The number of aromatic nitrogens is 1. The Hall–Kier alpha value is -2.90. The Morgan fingerprint density at radius 2 is 1.83 bits per heavy atom. The van der Waals surface area contributed by atoms with E-state index in [0.717, 1.165) is 22.9 Å². The number of amides is 2. The third-order valence-electron chi connectivity index (χ3n) is 4.77. The van der Waals surface area contributed by atoms with Crippen LogP contribution in [0.1, 0.15) is 11.1 Å². The Kier molecular flexibility index (Phi) is 5.51. The minimum absolute atomic E-state index is 0.0809. The van der Waals surface area contributed by atoms with Crippen molar-refractivity contribution in [3.05, 3.63) is 76.8 Å². The number of para-hydroxylation sites is 1. The van der Waals surface area contributed by atoms with Gasteiger partial charge in [0.1, 0.15) is 10.9 Å².